The van der Waals surface area contributed by atoms with Gasteiger partial charge in [0.25, 0.3) is 5.91 Å². The molecule has 0 aliphatic carbocycles. The molecule has 0 aliphatic rings. The number of ether oxygens (including phenoxy) is 1. The van der Waals surface area contributed by atoms with Gasteiger partial charge < -0.3 is 10.1 Å². The molecule has 2 rings (SSSR count). The first-order chi connectivity index (χ1) is 8.70. The maximum atomic E-state index is 11.7. The number of hydrogen-bond donors (Lipinski definition) is 1. The fraction of sp³-hybridized carbons (Fsp3) is 0.0909. The molecule has 0 aliphatic heterocycles. The molecule has 0 saturated carbocycles. The van der Waals surface area contributed by atoms with Crippen molar-refractivity contribution in [2.45, 2.75) is 0 Å². The topological polar surface area (TPSA) is 81.2 Å². The molecule has 2 aromatic rings. The molecular weight excluding hydrogens is 254 g/mol. The highest BCUT2D eigenvalue weighted by molar-refractivity contribution is 6.99. The lowest BCUT2D eigenvalue weighted by Gasteiger charge is -2.04. The molecule has 92 valence electrons. The second-order valence-corrected chi connectivity index (χ2v) is 3.88. The molecule has 0 saturated heterocycles. The van der Waals surface area contributed by atoms with Gasteiger partial charge in [-0.3, -0.25) is 4.79 Å². The number of nitrogens with one attached hydrogen (secondary N) is 1. The second-order valence-electron chi connectivity index (χ2n) is 3.32. The smallest absolute Gasteiger partial charge is 0.337 e. The van der Waals surface area contributed by atoms with E-state index in [1.165, 1.54) is 19.4 Å². The molecule has 18 heavy (non-hydrogen) atoms. The zero-order valence-corrected chi connectivity index (χ0v) is 10.2. The average Bonchev–Trinajstić information content (AvgIpc) is 2.92. The second kappa shape index (κ2) is 5.37. The molecule has 0 radical (unpaired) electrons. The van der Waals surface area contributed by atoms with Crippen LogP contribution in [-0.2, 0) is 4.74 Å². The highest BCUT2D eigenvalue weighted by Gasteiger charge is 2.10. The van der Waals surface area contributed by atoms with Crippen molar-refractivity contribution in [3.05, 3.63) is 41.7 Å². The van der Waals surface area contributed by atoms with Crippen molar-refractivity contribution in [2.75, 3.05) is 12.4 Å². The van der Waals surface area contributed by atoms with Crippen LogP contribution in [0.3, 0.4) is 0 Å². The Bertz CT molecular complexity index is 569. The first-order valence-electron chi connectivity index (χ1n) is 4.98. The maximum absolute atomic E-state index is 11.7. The van der Waals surface area contributed by atoms with Crippen LogP contribution in [0.5, 0.6) is 0 Å². The Morgan fingerprint density at radius 1 is 1.39 bits per heavy atom. The summed E-state index contributed by atoms with van der Waals surface area (Å²) in [7, 11) is 1.30. The first kappa shape index (κ1) is 12.2. The van der Waals surface area contributed by atoms with Gasteiger partial charge in [-0.05, 0) is 18.2 Å². The largest absolute Gasteiger partial charge is 0.465 e. The number of methoxy groups -OCH3 is 1. The van der Waals surface area contributed by atoms with Gasteiger partial charge in [-0.25, -0.2) is 4.79 Å². The molecule has 0 spiro atoms. The monoisotopic (exact) mass is 263 g/mol. The van der Waals surface area contributed by atoms with E-state index in [1.54, 1.807) is 18.2 Å². The molecule has 1 heterocycles. The van der Waals surface area contributed by atoms with Gasteiger partial charge in [0.1, 0.15) is 0 Å². The summed E-state index contributed by atoms with van der Waals surface area (Å²) in [5, 5.41) is 2.62. The van der Waals surface area contributed by atoms with Crippen LogP contribution in [0.15, 0.2) is 30.5 Å². The fourth-order valence-corrected chi connectivity index (χ4v) is 1.71. The fourth-order valence-electron chi connectivity index (χ4n) is 1.30. The van der Waals surface area contributed by atoms with Crippen molar-refractivity contribution >= 4 is 29.3 Å². The lowest BCUT2D eigenvalue weighted by Crippen LogP contribution is -2.12. The summed E-state index contributed by atoms with van der Waals surface area (Å²) in [5.74, 6) is -0.827. The Hall–Kier alpha value is -2.28. The van der Waals surface area contributed by atoms with Gasteiger partial charge in [0, 0.05) is 5.69 Å². The summed E-state index contributed by atoms with van der Waals surface area (Å²) in [6, 6.07) is 6.46. The summed E-state index contributed by atoms with van der Waals surface area (Å²) >= 11 is 0.955. The van der Waals surface area contributed by atoms with Gasteiger partial charge in [-0.2, -0.15) is 8.75 Å². The molecule has 0 unspecified atom stereocenters. The van der Waals surface area contributed by atoms with Crippen molar-refractivity contribution < 1.29 is 14.3 Å². The van der Waals surface area contributed by atoms with Gasteiger partial charge in [0.2, 0.25) is 0 Å². The van der Waals surface area contributed by atoms with Crippen molar-refractivity contribution in [3.8, 4) is 0 Å². The quantitative estimate of drug-likeness (QED) is 0.850. The average molecular weight is 263 g/mol. The maximum Gasteiger partial charge on any atom is 0.337 e. The Morgan fingerprint density at radius 2 is 2.22 bits per heavy atom. The molecule has 7 heteroatoms. The van der Waals surface area contributed by atoms with Gasteiger partial charge in [-0.1, -0.05) is 6.07 Å². The standard InChI is InChI=1S/C11H9N3O3S/c1-17-11(16)7-3-2-4-8(5-7)13-10(15)9-6-12-18-14-9/h2-6H,1H3,(H,13,15). The summed E-state index contributed by atoms with van der Waals surface area (Å²) in [4.78, 5) is 23.0. The highest BCUT2D eigenvalue weighted by Crippen LogP contribution is 2.12. The van der Waals surface area contributed by atoms with E-state index in [9.17, 15) is 9.59 Å². The molecule has 0 atom stereocenters. The summed E-state index contributed by atoms with van der Waals surface area (Å²) in [5.41, 5.74) is 1.10. The van der Waals surface area contributed by atoms with Crippen molar-refractivity contribution in [2.24, 2.45) is 0 Å². The van der Waals surface area contributed by atoms with E-state index in [0.29, 0.717) is 11.3 Å². The van der Waals surface area contributed by atoms with Crippen LogP contribution in [0.1, 0.15) is 20.8 Å². The van der Waals surface area contributed by atoms with E-state index in [1.807, 2.05) is 0 Å². The Labute approximate surface area is 107 Å². The van der Waals surface area contributed by atoms with Crippen molar-refractivity contribution in [1.82, 2.24) is 8.75 Å². The molecule has 6 nitrogen and oxygen atoms in total. The number of hydrogen-bond acceptors (Lipinski definition) is 6. The minimum Gasteiger partial charge on any atom is -0.465 e. The van der Waals surface area contributed by atoms with E-state index in [2.05, 4.69) is 18.8 Å². The van der Waals surface area contributed by atoms with E-state index in [0.717, 1.165) is 11.7 Å². The number of benzene rings is 1. The third kappa shape index (κ3) is 2.69. The molecule has 0 fully saturated rings. The summed E-state index contributed by atoms with van der Waals surface area (Å²) < 4.78 is 12.1. The summed E-state index contributed by atoms with van der Waals surface area (Å²) in [6.45, 7) is 0. The molecular formula is C11H9N3O3S. The van der Waals surface area contributed by atoms with Gasteiger partial charge in [-0.15, -0.1) is 0 Å². The van der Waals surface area contributed by atoms with Crippen LogP contribution in [0, 0.1) is 0 Å². The van der Waals surface area contributed by atoms with Crippen LogP contribution in [0.2, 0.25) is 0 Å². The normalized spacial score (nSPS) is 9.83. The van der Waals surface area contributed by atoms with E-state index in [4.69, 9.17) is 0 Å². The van der Waals surface area contributed by atoms with Crippen molar-refractivity contribution in [1.29, 1.82) is 0 Å². The van der Waals surface area contributed by atoms with Gasteiger partial charge >= 0.3 is 5.97 Å². The number of carbonyl (C=O) groups is 2. The number of anilines is 1. The summed E-state index contributed by atoms with van der Waals surface area (Å²) in [6.07, 6.45) is 1.38. The number of amides is 1. The molecule has 1 aromatic heterocycles. The number of esters is 1. The van der Waals surface area contributed by atoms with Crippen LogP contribution >= 0.6 is 11.7 Å². The zero-order valence-electron chi connectivity index (χ0n) is 9.41. The predicted molar refractivity (Wildman–Crippen MR) is 65.6 cm³/mol. The number of rotatable bonds is 3. The van der Waals surface area contributed by atoms with Gasteiger partial charge in [0.15, 0.2) is 5.69 Å². The third-order valence-corrected chi connectivity index (χ3v) is 2.61. The van der Waals surface area contributed by atoms with Crippen LogP contribution in [0.25, 0.3) is 0 Å². The van der Waals surface area contributed by atoms with Crippen molar-refractivity contribution in [3.63, 3.8) is 0 Å². The molecule has 1 aromatic carbocycles. The van der Waals surface area contributed by atoms with E-state index < -0.39 is 5.97 Å². The Balaban J connectivity index is 2.15. The van der Waals surface area contributed by atoms with Crippen LogP contribution in [0.4, 0.5) is 5.69 Å². The first-order valence-corrected chi connectivity index (χ1v) is 5.71. The Kier molecular flexibility index (Phi) is 3.63. The van der Waals surface area contributed by atoms with E-state index >= 15 is 0 Å². The molecule has 1 amide bonds. The molecule has 1 N–H and O–H groups in total. The van der Waals surface area contributed by atoms with Gasteiger partial charge in [0.05, 0.1) is 30.6 Å². The zero-order chi connectivity index (χ0) is 13.0. The predicted octanol–water partition coefficient (Wildman–Crippen LogP) is 1.58. The van der Waals surface area contributed by atoms with E-state index in [-0.39, 0.29) is 11.6 Å². The third-order valence-electron chi connectivity index (χ3n) is 2.14. The lowest BCUT2D eigenvalue weighted by atomic mass is 10.2. The Morgan fingerprint density at radius 3 is 2.89 bits per heavy atom. The minimum atomic E-state index is -0.457. The number of aromatic nitrogens is 2. The van der Waals surface area contributed by atoms with Crippen LogP contribution in [-0.4, -0.2) is 27.7 Å². The molecule has 0 bridgehead atoms. The number of carbonyl (C=O) groups excluding carboxylic acids is 2. The SMILES string of the molecule is COC(=O)c1cccc(NC(=O)c2cnsn2)c1. The highest BCUT2D eigenvalue weighted by atomic mass is 32.1. The lowest BCUT2D eigenvalue weighted by molar-refractivity contribution is 0.0600. The van der Waals surface area contributed by atoms with Crippen LogP contribution < -0.4 is 5.32 Å². The minimum absolute atomic E-state index is 0.239. The number of nitrogens with zero attached hydrogens (tertiary/aromatic N) is 2.